The molecule has 0 saturated carbocycles. The monoisotopic (exact) mass is 452 g/mol. The van der Waals surface area contributed by atoms with Crippen molar-refractivity contribution in [2.75, 3.05) is 0 Å². The first kappa shape index (κ1) is 23.6. The maximum absolute atomic E-state index is 13.2. The topological polar surface area (TPSA) is 89.4 Å². The quantitative estimate of drug-likeness (QED) is 0.219. The van der Waals surface area contributed by atoms with Crippen LogP contribution in [0.4, 0.5) is 5.69 Å². The molecule has 0 aliphatic rings. The summed E-state index contributed by atoms with van der Waals surface area (Å²) in [6, 6.07) is 1.73. The van der Waals surface area contributed by atoms with Crippen LogP contribution in [0, 0.1) is 12.5 Å². The molecular formula is C24H28N4O3S. The smallest absolute Gasteiger partial charge is 0.303 e. The van der Waals surface area contributed by atoms with Gasteiger partial charge in [0.05, 0.1) is 12.1 Å². The minimum absolute atomic E-state index is 0.0445. The molecule has 1 N–H and O–H groups in total. The molecule has 0 amide bonds. The molecule has 0 unspecified atom stereocenters. The summed E-state index contributed by atoms with van der Waals surface area (Å²) in [5.74, 6) is -1.24. The van der Waals surface area contributed by atoms with Gasteiger partial charge in [0.15, 0.2) is 5.78 Å². The van der Waals surface area contributed by atoms with E-state index in [1.165, 1.54) is 11.1 Å². The van der Waals surface area contributed by atoms with Crippen molar-refractivity contribution in [1.82, 2.24) is 14.5 Å². The summed E-state index contributed by atoms with van der Waals surface area (Å²) in [4.78, 5) is 37.6. The zero-order valence-electron chi connectivity index (χ0n) is 18.5. The lowest BCUT2D eigenvalue weighted by Gasteiger charge is -2.10. The molecule has 7 nitrogen and oxygen atoms in total. The zero-order chi connectivity index (χ0) is 23.1. The molecule has 1 atom stereocenters. The zero-order valence-corrected chi connectivity index (χ0v) is 19.3. The Balaban J connectivity index is 1.75. The van der Waals surface area contributed by atoms with E-state index in [0.29, 0.717) is 22.3 Å². The number of pyridine rings is 1. The molecule has 3 heterocycles. The van der Waals surface area contributed by atoms with Crippen LogP contribution in [0.2, 0.25) is 0 Å². The van der Waals surface area contributed by atoms with Crippen LogP contribution in [-0.2, 0) is 24.7 Å². The number of aliphatic carboxylic acids is 1. The van der Waals surface area contributed by atoms with E-state index in [0.717, 1.165) is 44.2 Å². The van der Waals surface area contributed by atoms with E-state index in [1.54, 1.807) is 24.3 Å². The fourth-order valence-corrected chi connectivity index (χ4v) is 4.75. The number of rotatable bonds is 12. The summed E-state index contributed by atoms with van der Waals surface area (Å²) in [7, 11) is 1.91. The Kier molecular flexibility index (Phi) is 8.12. The number of carboxylic acids is 1. The number of thiazole rings is 1. The molecule has 0 aliphatic heterocycles. The first-order chi connectivity index (χ1) is 15.4. The number of carbonyl (C=O) groups excluding carboxylic acids is 1. The summed E-state index contributed by atoms with van der Waals surface area (Å²) in [5.41, 5.74) is 4.46. The number of hydrogen-bond donors (Lipinski definition) is 1. The number of unbranched alkanes of at least 4 members (excludes halogenated alkanes) is 3. The lowest BCUT2D eigenvalue weighted by molar-refractivity contribution is -0.137. The molecule has 0 aliphatic carbocycles. The van der Waals surface area contributed by atoms with Gasteiger partial charge in [-0.05, 0) is 37.7 Å². The molecule has 3 aromatic heterocycles. The number of aromatic nitrogens is 3. The number of Topliss-reactive ketones (excluding diaryl/α,β-unsaturated/α-hetero) is 1. The van der Waals surface area contributed by atoms with Crippen LogP contribution >= 0.6 is 11.3 Å². The Morgan fingerprint density at radius 1 is 1.19 bits per heavy atom. The predicted molar refractivity (Wildman–Crippen MR) is 125 cm³/mol. The molecule has 0 bridgehead atoms. The first-order valence-corrected chi connectivity index (χ1v) is 11.8. The van der Waals surface area contributed by atoms with Gasteiger partial charge in [-0.15, -0.1) is 11.3 Å². The summed E-state index contributed by atoms with van der Waals surface area (Å²) in [5, 5.41) is 9.74. The lowest BCUT2D eigenvalue weighted by atomic mass is 9.94. The van der Waals surface area contributed by atoms with E-state index < -0.39 is 5.97 Å². The van der Waals surface area contributed by atoms with Crippen LogP contribution in [-0.4, -0.2) is 31.4 Å². The molecule has 32 heavy (non-hydrogen) atoms. The summed E-state index contributed by atoms with van der Waals surface area (Å²) < 4.78 is 1.95. The summed E-state index contributed by atoms with van der Waals surface area (Å²) >= 11 is 1.69. The van der Waals surface area contributed by atoms with Crippen molar-refractivity contribution in [2.45, 2.75) is 58.3 Å². The van der Waals surface area contributed by atoms with Crippen LogP contribution in [0.3, 0.4) is 0 Å². The maximum Gasteiger partial charge on any atom is 0.303 e. The van der Waals surface area contributed by atoms with Crippen LogP contribution in [0.15, 0.2) is 24.0 Å². The van der Waals surface area contributed by atoms with Crippen LogP contribution < -0.4 is 0 Å². The van der Waals surface area contributed by atoms with Gasteiger partial charge in [-0.2, -0.15) is 0 Å². The molecule has 3 aromatic rings. The average Bonchev–Trinajstić information content (AvgIpc) is 3.36. The van der Waals surface area contributed by atoms with Crippen LogP contribution in [0.1, 0.15) is 66.4 Å². The number of hydrogen-bond acceptors (Lipinski definition) is 5. The highest BCUT2D eigenvalue weighted by Gasteiger charge is 2.24. The van der Waals surface area contributed by atoms with Gasteiger partial charge in [-0.25, -0.2) is 9.83 Å². The van der Waals surface area contributed by atoms with Gasteiger partial charge in [0.1, 0.15) is 5.65 Å². The Bertz CT molecular complexity index is 1130. The van der Waals surface area contributed by atoms with Gasteiger partial charge in [0.2, 0.25) is 5.69 Å². The average molecular weight is 453 g/mol. The van der Waals surface area contributed by atoms with Crippen molar-refractivity contribution in [2.24, 2.45) is 13.0 Å². The molecule has 0 aromatic carbocycles. The lowest BCUT2D eigenvalue weighted by Crippen LogP contribution is -2.12. The second-order valence-corrected chi connectivity index (χ2v) is 9.24. The molecule has 168 valence electrons. The number of carbonyl (C=O) groups is 2. The van der Waals surface area contributed by atoms with Crippen molar-refractivity contribution in [3.05, 3.63) is 51.5 Å². The van der Waals surface area contributed by atoms with E-state index in [-0.39, 0.29) is 24.5 Å². The third-order valence-corrected chi connectivity index (χ3v) is 6.51. The Morgan fingerprint density at radius 2 is 1.94 bits per heavy atom. The normalized spacial score (nSPS) is 12.0. The summed E-state index contributed by atoms with van der Waals surface area (Å²) in [6.45, 7) is 9.08. The third-order valence-electron chi connectivity index (χ3n) is 5.67. The standard InChI is InChI=1S/C24H28N4O3S/c1-16(11-22(30)31)10-21(29)23-19-12-17(25-2)13-27-24(19)28(3)20(23)9-7-5-4-6-8-18-14-26-15-32-18/h12-16H,4-11H2,1,3H3,(H,30,31)/t16-/m1/s1. The van der Waals surface area contributed by atoms with Crippen molar-refractivity contribution in [3.63, 3.8) is 0 Å². The van der Waals surface area contributed by atoms with Gasteiger partial charge >= 0.3 is 5.97 Å². The Morgan fingerprint density at radius 3 is 2.59 bits per heavy atom. The van der Waals surface area contributed by atoms with Gasteiger partial charge in [-0.3, -0.25) is 14.6 Å². The van der Waals surface area contributed by atoms with Gasteiger partial charge in [0, 0.05) is 53.8 Å². The second kappa shape index (κ2) is 11.0. The third kappa shape index (κ3) is 5.80. The van der Waals surface area contributed by atoms with E-state index in [1.807, 2.05) is 23.3 Å². The molecule has 0 saturated heterocycles. The number of fused-ring (bicyclic) bond motifs is 1. The molecule has 8 heteroatoms. The highest BCUT2D eigenvalue weighted by Crippen LogP contribution is 2.31. The largest absolute Gasteiger partial charge is 0.481 e. The fraction of sp³-hybridized carbons (Fsp3) is 0.458. The van der Waals surface area contributed by atoms with Crippen LogP contribution in [0.5, 0.6) is 0 Å². The van der Waals surface area contributed by atoms with Gasteiger partial charge in [-0.1, -0.05) is 19.8 Å². The predicted octanol–water partition coefficient (Wildman–Crippen LogP) is 5.61. The molecule has 0 fully saturated rings. The number of aryl methyl sites for hydroxylation is 2. The Labute approximate surface area is 191 Å². The van der Waals surface area contributed by atoms with Gasteiger partial charge in [0.25, 0.3) is 0 Å². The van der Waals surface area contributed by atoms with Crippen molar-refractivity contribution < 1.29 is 14.7 Å². The second-order valence-electron chi connectivity index (χ2n) is 8.27. The Hall–Kier alpha value is -3.05. The van der Waals surface area contributed by atoms with E-state index in [2.05, 4.69) is 14.8 Å². The molecule has 0 spiro atoms. The maximum atomic E-state index is 13.2. The number of carboxylic acid groups (broad SMARTS) is 1. The first-order valence-electron chi connectivity index (χ1n) is 10.9. The fourth-order valence-electron chi connectivity index (χ4n) is 4.11. The van der Waals surface area contributed by atoms with Gasteiger partial charge < -0.3 is 9.67 Å². The van der Waals surface area contributed by atoms with E-state index in [4.69, 9.17) is 11.7 Å². The minimum Gasteiger partial charge on any atom is -0.481 e. The van der Waals surface area contributed by atoms with Crippen molar-refractivity contribution in [1.29, 1.82) is 0 Å². The SMILES string of the molecule is [C-]#[N+]c1cnc2c(c1)c(C(=O)C[C@@H](C)CC(=O)O)c(CCCCCCc1cncs1)n2C. The highest BCUT2D eigenvalue weighted by molar-refractivity contribution is 7.09. The molecule has 3 rings (SSSR count). The number of nitrogens with zero attached hydrogens (tertiary/aromatic N) is 4. The number of ketones is 1. The molecule has 0 radical (unpaired) electrons. The van der Waals surface area contributed by atoms with E-state index >= 15 is 0 Å². The minimum atomic E-state index is -0.904. The highest BCUT2D eigenvalue weighted by atomic mass is 32.1. The van der Waals surface area contributed by atoms with Crippen molar-refractivity contribution >= 4 is 39.8 Å². The van der Waals surface area contributed by atoms with Crippen LogP contribution in [0.25, 0.3) is 15.9 Å². The van der Waals surface area contributed by atoms with E-state index in [9.17, 15) is 9.59 Å². The molecular weight excluding hydrogens is 424 g/mol. The summed E-state index contributed by atoms with van der Waals surface area (Å²) in [6.07, 6.45) is 9.60. The van der Waals surface area contributed by atoms with Crippen molar-refractivity contribution in [3.8, 4) is 0 Å².